The Morgan fingerprint density at radius 2 is 1.71 bits per heavy atom. The molecule has 0 amide bonds. The zero-order valence-electron chi connectivity index (χ0n) is 19.2. The number of benzene rings is 2. The molecule has 0 atom stereocenters. The van der Waals surface area contributed by atoms with Crippen molar-refractivity contribution in [2.45, 2.75) is 38.0 Å². The second-order valence-corrected chi connectivity index (χ2v) is 9.75. The molecule has 34 heavy (non-hydrogen) atoms. The molecule has 2 heterocycles. The SMILES string of the molecule is CCOc1ccc(S(=O)(=O)Nc2ccc(Nc3nc(C)cc(N4CCCCC4)n3)cc2)cc1F. The number of halogens is 1. The van der Waals surface area contributed by atoms with Gasteiger partial charge in [0.15, 0.2) is 11.6 Å². The maximum Gasteiger partial charge on any atom is 0.262 e. The summed E-state index contributed by atoms with van der Waals surface area (Å²) in [5.41, 5.74) is 1.93. The molecule has 10 heteroatoms. The Kier molecular flexibility index (Phi) is 7.16. The standard InChI is InChI=1S/C24H28FN5O3S/c1-3-33-22-12-11-20(16-21(22)25)34(31,32)29-19-9-7-18(8-10-19)27-24-26-17(2)15-23(28-24)30-13-5-4-6-14-30/h7-12,15-16,29H,3-6,13-14H2,1-2H3,(H,26,27,28). The van der Waals surface area contributed by atoms with Gasteiger partial charge in [0.25, 0.3) is 10.0 Å². The van der Waals surface area contributed by atoms with Crippen molar-refractivity contribution < 1.29 is 17.5 Å². The van der Waals surface area contributed by atoms with Gasteiger partial charge in [-0.2, -0.15) is 4.98 Å². The second-order valence-electron chi connectivity index (χ2n) is 8.07. The van der Waals surface area contributed by atoms with Gasteiger partial charge in [0.05, 0.1) is 11.5 Å². The third-order valence-corrected chi connectivity index (χ3v) is 6.81. The number of rotatable bonds is 8. The van der Waals surface area contributed by atoms with E-state index >= 15 is 0 Å². The van der Waals surface area contributed by atoms with Crippen LogP contribution in [0.25, 0.3) is 0 Å². The molecule has 1 aliphatic heterocycles. The normalized spacial score (nSPS) is 14.0. The molecule has 0 unspecified atom stereocenters. The van der Waals surface area contributed by atoms with Gasteiger partial charge < -0.3 is 15.0 Å². The van der Waals surface area contributed by atoms with Crippen LogP contribution >= 0.6 is 0 Å². The van der Waals surface area contributed by atoms with Crippen LogP contribution in [0.1, 0.15) is 31.9 Å². The first-order valence-electron chi connectivity index (χ1n) is 11.3. The van der Waals surface area contributed by atoms with Crippen LogP contribution in [0.5, 0.6) is 5.75 Å². The number of hydrogen-bond donors (Lipinski definition) is 2. The highest BCUT2D eigenvalue weighted by molar-refractivity contribution is 7.92. The van der Waals surface area contributed by atoms with E-state index < -0.39 is 15.8 Å². The molecule has 2 N–H and O–H groups in total. The fourth-order valence-electron chi connectivity index (χ4n) is 3.78. The third-order valence-electron chi connectivity index (χ3n) is 5.43. The van der Waals surface area contributed by atoms with Crippen LogP contribution in [0, 0.1) is 12.7 Å². The van der Waals surface area contributed by atoms with Gasteiger partial charge in [0, 0.05) is 36.2 Å². The topological polar surface area (TPSA) is 96.5 Å². The monoisotopic (exact) mass is 485 g/mol. The maximum atomic E-state index is 14.1. The van der Waals surface area contributed by atoms with E-state index in [9.17, 15) is 12.8 Å². The number of nitrogens with zero attached hydrogens (tertiary/aromatic N) is 3. The Hall–Kier alpha value is -3.40. The van der Waals surface area contributed by atoms with Gasteiger partial charge in [-0.05, 0) is 75.6 Å². The number of ether oxygens (including phenoxy) is 1. The maximum absolute atomic E-state index is 14.1. The van der Waals surface area contributed by atoms with E-state index in [1.54, 1.807) is 31.2 Å². The number of aryl methyl sites for hydroxylation is 1. The lowest BCUT2D eigenvalue weighted by atomic mass is 10.1. The van der Waals surface area contributed by atoms with Crippen LogP contribution in [-0.4, -0.2) is 38.1 Å². The van der Waals surface area contributed by atoms with Crippen LogP contribution in [0.3, 0.4) is 0 Å². The van der Waals surface area contributed by atoms with E-state index in [0.29, 0.717) is 17.3 Å². The molecule has 0 aliphatic carbocycles. The van der Waals surface area contributed by atoms with Crippen LogP contribution < -0.4 is 19.7 Å². The quantitative estimate of drug-likeness (QED) is 0.470. The molecule has 1 saturated heterocycles. The van der Waals surface area contributed by atoms with Crippen molar-refractivity contribution in [1.29, 1.82) is 0 Å². The average molecular weight is 486 g/mol. The van der Waals surface area contributed by atoms with Crippen molar-refractivity contribution in [3.05, 3.63) is 60.0 Å². The summed E-state index contributed by atoms with van der Waals surface area (Å²) in [5, 5.41) is 3.18. The first-order valence-corrected chi connectivity index (χ1v) is 12.8. The molecule has 0 saturated carbocycles. The van der Waals surface area contributed by atoms with Gasteiger partial charge in [-0.3, -0.25) is 4.72 Å². The first kappa shape index (κ1) is 23.7. The average Bonchev–Trinajstić information content (AvgIpc) is 2.82. The Bertz CT molecular complexity index is 1250. The summed E-state index contributed by atoms with van der Waals surface area (Å²) in [6.07, 6.45) is 3.56. The fourth-order valence-corrected chi connectivity index (χ4v) is 4.85. The number of sulfonamides is 1. The molecular formula is C24H28FN5O3S. The van der Waals surface area contributed by atoms with E-state index in [-0.39, 0.29) is 17.3 Å². The summed E-state index contributed by atoms with van der Waals surface area (Å²) in [4.78, 5) is 11.2. The van der Waals surface area contributed by atoms with Gasteiger partial charge in [-0.1, -0.05) is 0 Å². The molecule has 2 aromatic carbocycles. The predicted octanol–water partition coefficient (Wildman–Crippen LogP) is 4.86. The summed E-state index contributed by atoms with van der Waals surface area (Å²) in [7, 11) is -3.96. The van der Waals surface area contributed by atoms with Gasteiger partial charge in [-0.25, -0.2) is 17.8 Å². The number of nitrogens with one attached hydrogen (secondary N) is 2. The Morgan fingerprint density at radius 1 is 1.00 bits per heavy atom. The smallest absolute Gasteiger partial charge is 0.262 e. The number of anilines is 4. The minimum absolute atomic E-state index is 0.0127. The Balaban J connectivity index is 1.45. The van der Waals surface area contributed by atoms with Gasteiger partial charge in [0.1, 0.15) is 5.82 Å². The molecule has 1 aromatic heterocycles. The molecule has 1 fully saturated rings. The van der Waals surface area contributed by atoms with E-state index in [4.69, 9.17) is 4.74 Å². The molecule has 180 valence electrons. The molecule has 0 radical (unpaired) electrons. The van der Waals surface area contributed by atoms with Crippen LogP contribution in [0.4, 0.5) is 27.5 Å². The third kappa shape index (κ3) is 5.74. The highest BCUT2D eigenvalue weighted by atomic mass is 32.2. The lowest BCUT2D eigenvalue weighted by molar-refractivity contribution is 0.321. The van der Waals surface area contributed by atoms with Crippen LogP contribution in [-0.2, 0) is 10.0 Å². The summed E-state index contributed by atoms with van der Waals surface area (Å²) >= 11 is 0. The summed E-state index contributed by atoms with van der Waals surface area (Å²) in [6, 6.07) is 12.2. The van der Waals surface area contributed by atoms with Gasteiger partial charge >= 0.3 is 0 Å². The molecule has 4 rings (SSSR count). The number of hydrogen-bond acceptors (Lipinski definition) is 7. The van der Waals surface area contributed by atoms with E-state index in [2.05, 4.69) is 24.9 Å². The van der Waals surface area contributed by atoms with Crippen molar-refractivity contribution in [1.82, 2.24) is 9.97 Å². The summed E-state index contributed by atoms with van der Waals surface area (Å²) in [5.74, 6) is 0.672. The lowest BCUT2D eigenvalue weighted by Gasteiger charge is -2.28. The highest BCUT2D eigenvalue weighted by Crippen LogP contribution is 2.25. The minimum Gasteiger partial charge on any atom is -0.491 e. The second kappa shape index (κ2) is 10.3. The molecule has 0 spiro atoms. The number of aromatic nitrogens is 2. The van der Waals surface area contributed by atoms with E-state index in [1.807, 2.05) is 13.0 Å². The molecule has 3 aromatic rings. The molecule has 8 nitrogen and oxygen atoms in total. The fraction of sp³-hybridized carbons (Fsp3) is 0.333. The summed E-state index contributed by atoms with van der Waals surface area (Å²) in [6.45, 7) is 5.92. The highest BCUT2D eigenvalue weighted by Gasteiger charge is 2.18. The minimum atomic E-state index is -3.96. The lowest BCUT2D eigenvalue weighted by Crippen LogP contribution is -2.30. The van der Waals surface area contributed by atoms with E-state index in [1.165, 1.54) is 18.6 Å². The van der Waals surface area contributed by atoms with Gasteiger partial charge in [0.2, 0.25) is 5.95 Å². The zero-order valence-corrected chi connectivity index (χ0v) is 20.0. The Morgan fingerprint density at radius 3 is 2.38 bits per heavy atom. The van der Waals surface area contributed by atoms with Crippen molar-refractivity contribution in [2.75, 3.05) is 34.6 Å². The van der Waals surface area contributed by atoms with E-state index in [0.717, 1.165) is 43.5 Å². The molecular weight excluding hydrogens is 457 g/mol. The molecule has 0 bridgehead atoms. The largest absolute Gasteiger partial charge is 0.491 e. The predicted molar refractivity (Wildman–Crippen MR) is 131 cm³/mol. The molecule has 1 aliphatic rings. The van der Waals surface area contributed by atoms with Crippen LogP contribution in [0.2, 0.25) is 0 Å². The Labute approximate surface area is 199 Å². The van der Waals surface area contributed by atoms with Gasteiger partial charge in [-0.15, -0.1) is 0 Å². The van der Waals surface area contributed by atoms with Crippen molar-refractivity contribution in [2.24, 2.45) is 0 Å². The van der Waals surface area contributed by atoms with Crippen LogP contribution in [0.15, 0.2) is 53.4 Å². The summed E-state index contributed by atoms with van der Waals surface area (Å²) < 4.78 is 47.0. The first-order chi connectivity index (χ1) is 16.3. The number of piperidine rings is 1. The zero-order chi connectivity index (χ0) is 24.1. The van der Waals surface area contributed by atoms with Crippen molar-refractivity contribution >= 4 is 33.2 Å². The van der Waals surface area contributed by atoms with Crippen molar-refractivity contribution in [3.8, 4) is 5.75 Å². The van der Waals surface area contributed by atoms with Crippen molar-refractivity contribution in [3.63, 3.8) is 0 Å².